The fourth-order valence-electron chi connectivity index (χ4n) is 1.90. The fraction of sp³-hybridized carbons (Fsp3) is 0.308. The molecule has 0 saturated heterocycles. The normalized spacial score (nSPS) is 11.7. The predicted octanol–water partition coefficient (Wildman–Crippen LogP) is 2.80. The first-order valence-electron chi connectivity index (χ1n) is 6.01. The highest BCUT2D eigenvalue weighted by atomic mass is 35.5. The average Bonchev–Trinajstić information content (AvgIpc) is 2.59. The Bertz CT molecular complexity index is 766. The summed E-state index contributed by atoms with van der Waals surface area (Å²) in [6, 6.07) is 4.61. The van der Waals surface area contributed by atoms with E-state index in [1.165, 1.54) is 6.07 Å². The molecule has 0 spiro atoms. The Morgan fingerprint density at radius 3 is 2.40 bits per heavy atom. The fourth-order valence-corrected chi connectivity index (χ4v) is 3.28. The zero-order valence-electron chi connectivity index (χ0n) is 11.7. The maximum absolute atomic E-state index is 12.4. The molecule has 1 N–H and O–H groups in total. The number of benzene rings is 1. The van der Waals surface area contributed by atoms with Gasteiger partial charge in [-0.3, -0.25) is 9.40 Å². The highest BCUT2D eigenvalue weighted by Gasteiger charge is 2.19. The van der Waals surface area contributed by atoms with Crippen LogP contribution in [-0.4, -0.2) is 18.2 Å². The van der Waals surface area contributed by atoms with Crippen molar-refractivity contribution in [3.8, 4) is 0 Å². The summed E-state index contributed by atoms with van der Waals surface area (Å²) in [4.78, 5) is 0.182. The van der Waals surface area contributed by atoms with Gasteiger partial charge in [-0.15, -0.1) is 0 Å². The Morgan fingerprint density at radius 1 is 1.25 bits per heavy atom. The molecule has 0 radical (unpaired) electrons. The first-order chi connectivity index (χ1) is 9.22. The molecule has 0 bridgehead atoms. The summed E-state index contributed by atoms with van der Waals surface area (Å²) in [5, 5.41) is 4.73. The van der Waals surface area contributed by atoms with Gasteiger partial charge in [0.1, 0.15) is 0 Å². The van der Waals surface area contributed by atoms with Crippen LogP contribution in [0.3, 0.4) is 0 Å². The molecule has 0 amide bonds. The van der Waals surface area contributed by atoms with Crippen LogP contribution < -0.4 is 4.72 Å². The third-order valence-corrected chi connectivity index (χ3v) is 4.96. The number of aryl methyl sites for hydroxylation is 3. The van der Waals surface area contributed by atoms with Crippen LogP contribution >= 0.6 is 11.6 Å². The van der Waals surface area contributed by atoms with Gasteiger partial charge in [-0.1, -0.05) is 11.6 Å². The van der Waals surface area contributed by atoms with Gasteiger partial charge in [0, 0.05) is 12.1 Å². The number of nitrogens with zero attached hydrogens (tertiary/aromatic N) is 2. The van der Waals surface area contributed by atoms with E-state index in [1.54, 1.807) is 37.7 Å². The van der Waals surface area contributed by atoms with Crippen molar-refractivity contribution in [1.29, 1.82) is 0 Å². The molecule has 0 aliphatic heterocycles. The van der Waals surface area contributed by atoms with E-state index in [1.807, 2.05) is 6.92 Å². The molecule has 108 valence electrons. The van der Waals surface area contributed by atoms with Gasteiger partial charge in [0.05, 0.1) is 22.0 Å². The lowest BCUT2D eigenvalue weighted by Crippen LogP contribution is -2.14. The first kappa shape index (κ1) is 14.9. The lowest BCUT2D eigenvalue weighted by molar-refractivity contribution is 0.601. The smallest absolute Gasteiger partial charge is 0.262 e. The summed E-state index contributed by atoms with van der Waals surface area (Å²) >= 11 is 5.92. The molecule has 5 nitrogen and oxygen atoms in total. The van der Waals surface area contributed by atoms with Crippen molar-refractivity contribution in [3.05, 3.63) is 40.2 Å². The molecule has 0 saturated carbocycles. The largest absolute Gasteiger partial charge is 0.276 e. The van der Waals surface area contributed by atoms with E-state index in [-0.39, 0.29) is 4.90 Å². The Kier molecular flexibility index (Phi) is 3.80. The molecular weight excluding hydrogens is 298 g/mol. The van der Waals surface area contributed by atoms with Crippen LogP contribution in [0, 0.1) is 20.8 Å². The second-order valence-corrected chi connectivity index (χ2v) is 6.78. The summed E-state index contributed by atoms with van der Waals surface area (Å²) in [5.74, 6) is 0. The zero-order chi connectivity index (χ0) is 15.1. The SMILES string of the molecule is Cc1cc(S(=O)(=O)Nc2c(C)nn(C)c2C)ccc1Cl. The molecule has 20 heavy (non-hydrogen) atoms. The second kappa shape index (κ2) is 5.10. The molecule has 0 aliphatic rings. The van der Waals surface area contributed by atoms with Crippen molar-refractivity contribution >= 4 is 27.3 Å². The lowest BCUT2D eigenvalue weighted by Gasteiger charge is -2.09. The van der Waals surface area contributed by atoms with Crippen molar-refractivity contribution in [2.75, 3.05) is 4.72 Å². The van der Waals surface area contributed by atoms with Crippen molar-refractivity contribution in [2.45, 2.75) is 25.7 Å². The number of aromatic nitrogens is 2. The number of nitrogens with one attached hydrogen (secondary N) is 1. The summed E-state index contributed by atoms with van der Waals surface area (Å²) in [5.41, 5.74) is 2.63. The van der Waals surface area contributed by atoms with E-state index in [9.17, 15) is 8.42 Å². The lowest BCUT2D eigenvalue weighted by atomic mass is 10.2. The van der Waals surface area contributed by atoms with E-state index in [4.69, 9.17) is 11.6 Å². The van der Waals surface area contributed by atoms with Crippen molar-refractivity contribution in [2.24, 2.45) is 7.05 Å². The number of sulfonamides is 1. The summed E-state index contributed by atoms with van der Waals surface area (Å²) in [6.07, 6.45) is 0. The summed E-state index contributed by atoms with van der Waals surface area (Å²) < 4.78 is 29.0. The van der Waals surface area contributed by atoms with Crippen molar-refractivity contribution in [1.82, 2.24) is 9.78 Å². The zero-order valence-corrected chi connectivity index (χ0v) is 13.3. The van der Waals surface area contributed by atoms with E-state index in [0.29, 0.717) is 22.0 Å². The van der Waals surface area contributed by atoms with E-state index < -0.39 is 10.0 Å². The molecule has 1 aromatic heterocycles. The van der Waals surface area contributed by atoms with Gasteiger partial charge in [-0.2, -0.15) is 5.10 Å². The first-order valence-corrected chi connectivity index (χ1v) is 7.87. The van der Waals surface area contributed by atoms with Crippen molar-refractivity contribution in [3.63, 3.8) is 0 Å². The molecule has 1 heterocycles. The van der Waals surface area contributed by atoms with Gasteiger partial charge in [-0.05, 0) is 44.5 Å². The Balaban J connectivity index is 2.43. The standard InChI is InChI=1S/C13H16ClN3O2S/c1-8-7-11(5-6-12(8)14)20(18,19)16-13-9(2)15-17(4)10(13)3/h5-7,16H,1-4H3. The van der Waals surface area contributed by atoms with Crippen LogP contribution in [0.2, 0.25) is 5.02 Å². The quantitative estimate of drug-likeness (QED) is 0.947. The van der Waals surface area contributed by atoms with E-state index in [2.05, 4.69) is 9.82 Å². The van der Waals surface area contributed by atoms with Gasteiger partial charge in [0.2, 0.25) is 0 Å². The minimum atomic E-state index is -3.65. The van der Waals surface area contributed by atoms with E-state index >= 15 is 0 Å². The number of rotatable bonds is 3. The van der Waals surface area contributed by atoms with Crippen LogP contribution in [-0.2, 0) is 17.1 Å². The van der Waals surface area contributed by atoms with Gasteiger partial charge in [-0.25, -0.2) is 8.42 Å². The highest BCUT2D eigenvalue weighted by molar-refractivity contribution is 7.92. The maximum atomic E-state index is 12.4. The molecule has 0 atom stereocenters. The van der Waals surface area contributed by atoms with Gasteiger partial charge in [0.15, 0.2) is 0 Å². The Morgan fingerprint density at radius 2 is 1.90 bits per heavy atom. The van der Waals surface area contributed by atoms with Gasteiger partial charge < -0.3 is 0 Å². The Labute approximate surface area is 123 Å². The van der Waals surface area contributed by atoms with Gasteiger partial charge >= 0.3 is 0 Å². The summed E-state index contributed by atoms with van der Waals surface area (Å²) in [6.45, 7) is 5.34. The number of halogens is 1. The molecule has 1 aromatic carbocycles. The monoisotopic (exact) mass is 313 g/mol. The number of anilines is 1. The third kappa shape index (κ3) is 2.66. The molecule has 2 rings (SSSR count). The average molecular weight is 314 g/mol. The van der Waals surface area contributed by atoms with E-state index in [0.717, 1.165) is 5.69 Å². The molecule has 0 fully saturated rings. The minimum absolute atomic E-state index is 0.182. The van der Waals surface area contributed by atoms with Gasteiger partial charge in [0.25, 0.3) is 10.0 Å². The molecule has 2 aromatic rings. The predicted molar refractivity (Wildman–Crippen MR) is 79.7 cm³/mol. The summed E-state index contributed by atoms with van der Waals surface area (Å²) in [7, 11) is -1.88. The number of hydrogen-bond acceptors (Lipinski definition) is 3. The van der Waals surface area contributed by atoms with Crippen LogP contribution in [0.15, 0.2) is 23.1 Å². The van der Waals surface area contributed by atoms with Crippen LogP contribution in [0.4, 0.5) is 5.69 Å². The number of hydrogen-bond donors (Lipinski definition) is 1. The Hall–Kier alpha value is -1.53. The molecular formula is C13H16ClN3O2S. The molecule has 0 aliphatic carbocycles. The minimum Gasteiger partial charge on any atom is -0.276 e. The third-order valence-electron chi connectivity index (χ3n) is 3.19. The molecule has 7 heteroatoms. The van der Waals surface area contributed by atoms with Crippen LogP contribution in [0.5, 0.6) is 0 Å². The van der Waals surface area contributed by atoms with Crippen molar-refractivity contribution < 1.29 is 8.42 Å². The van der Waals surface area contributed by atoms with Crippen LogP contribution in [0.25, 0.3) is 0 Å². The van der Waals surface area contributed by atoms with Crippen LogP contribution in [0.1, 0.15) is 17.0 Å². The highest BCUT2D eigenvalue weighted by Crippen LogP contribution is 2.24. The molecule has 0 unspecified atom stereocenters. The topological polar surface area (TPSA) is 64.0 Å². The maximum Gasteiger partial charge on any atom is 0.262 e. The second-order valence-electron chi connectivity index (χ2n) is 4.69.